The molecule has 0 spiro atoms. The van der Waals surface area contributed by atoms with Crippen molar-refractivity contribution < 1.29 is 8.42 Å². The Labute approximate surface area is 94.5 Å². The standard InChI is InChI=1S/C10H15NO2S2/c1-7-10(11-8(2)14-7)6-15(12,13)5-9-3-4-9/h9H,3-6H2,1-2H3. The van der Waals surface area contributed by atoms with Gasteiger partial charge in [-0.05, 0) is 32.6 Å². The molecule has 3 nitrogen and oxygen atoms in total. The zero-order valence-corrected chi connectivity index (χ0v) is 10.6. The summed E-state index contributed by atoms with van der Waals surface area (Å²) in [5, 5.41) is 0.948. The highest BCUT2D eigenvalue weighted by Crippen LogP contribution is 2.31. The molecule has 1 aliphatic carbocycles. The highest BCUT2D eigenvalue weighted by atomic mass is 32.2. The first-order valence-electron chi connectivity index (χ1n) is 5.09. The van der Waals surface area contributed by atoms with Crippen LogP contribution >= 0.6 is 11.3 Å². The van der Waals surface area contributed by atoms with E-state index in [2.05, 4.69) is 4.98 Å². The van der Waals surface area contributed by atoms with Crippen LogP contribution in [0.15, 0.2) is 0 Å². The molecule has 2 rings (SSSR count). The van der Waals surface area contributed by atoms with E-state index in [4.69, 9.17) is 0 Å². The third-order valence-corrected chi connectivity index (χ3v) is 5.16. The van der Waals surface area contributed by atoms with Crippen LogP contribution in [0.1, 0.15) is 28.4 Å². The molecule has 5 heteroatoms. The van der Waals surface area contributed by atoms with Gasteiger partial charge in [-0.3, -0.25) is 0 Å². The first-order chi connectivity index (χ1) is 6.96. The number of hydrogen-bond donors (Lipinski definition) is 0. The maximum Gasteiger partial charge on any atom is 0.156 e. The van der Waals surface area contributed by atoms with E-state index in [-0.39, 0.29) is 5.75 Å². The summed E-state index contributed by atoms with van der Waals surface area (Å²) in [4.78, 5) is 5.30. The Hall–Kier alpha value is -0.420. The molecule has 0 N–H and O–H groups in total. The van der Waals surface area contributed by atoms with E-state index in [0.29, 0.717) is 11.7 Å². The highest BCUT2D eigenvalue weighted by molar-refractivity contribution is 7.90. The summed E-state index contributed by atoms with van der Waals surface area (Å²) >= 11 is 1.57. The zero-order valence-electron chi connectivity index (χ0n) is 8.99. The van der Waals surface area contributed by atoms with E-state index in [1.54, 1.807) is 11.3 Å². The number of rotatable bonds is 4. The van der Waals surface area contributed by atoms with Crippen LogP contribution < -0.4 is 0 Å². The molecule has 0 radical (unpaired) electrons. The second kappa shape index (κ2) is 3.87. The fourth-order valence-electron chi connectivity index (χ4n) is 1.62. The molecule has 0 saturated heterocycles. The van der Waals surface area contributed by atoms with Gasteiger partial charge in [0, 0.05) is 4.88 Å². The zero-order chi connectivity index (χ0) is 11.1. The Morgan fingerprint density at radius 2 is 2.07 bits per heavy atom. The summed E-state index contributed by atoms with van der Waals surface area (Å²) in [6, 6.07) is 0. The fourth-order valence-corrected chi connectivity index (χ4v) is 4.41. The maximum absolute atomic E-state index is 11.8. The number of thiazole rings is 1. The predicted molar refractivity (Wildman–Crippen MR) is 61.8 cm³/mol. The minimum Gasteiger partial charge on any atom is -0.245 e. The van der Waals surface area contributed by atoms with Crippen molar-refractivity contribution >= 4 is 21.2 Å². The summed E-state index contributed by atoms with van der Waals surface area (Å²) in [5.41, 5.74) is 0.748. The van der Waals surface area contributed by atoms with Crippen molar-refractivity contribution in [3.05, 3.63) is 15.6 Å². The van der Waals surface area contributed by atoms with Crippen LogP contribution in [-0.4, -0.2) is 19.2 Å². The molecule has 84 valence electrons. The summed E-state index contributed by atoms with van der Waals surface area (Å²) in [6.45, 7) is 3.85. The topological polar surface area (TPSA) is 47.0 Å². The lowest BCUT2D eigenvalue weighted by Gasteiger charge is -2.01. The van der Waals surface area contributed by atoms with E-state index >= 15 is 0 Å². The Morgan fingerprint density at radius 3 is 2.53 bits per heavy atom. The molecule has 0 amide bonds. The third kappa shape index (κ3) is 3.01. The van der Waals surface area contributed by atoms with Crippen LogP contribution in [-0.2, 0) is 15.6 Å². The first-order valence-corrected chi connectivity index (χ1v) is 7.73. The predicted octanol–water partition coefficient (Wildman–Crippen LogP) is 2.08. The number of sulfone groups is 1. The largest absolute Gasteiger partial charge is 0.245 e. The van der Waals surface area contributed by atoms with E-state index < -0.39 is 9.84 Å². The minimum atomic E-state index is -2.94. The average Bonchev–Trinajstić information content (AvgIpc) is 2.79. The monoisotopic (exact) mass is 245 g/mol. The van der Waals surface area contributed by atoms with Gasteiger partial charge in [0.25, 0.3) is 0 Å². The molecule has 1 fully saturated rings. The van der Waals surface area contributed by atoms with Crippen LogP contribution in [0.3, 0.4) is 0 Å². The Balaban J connectivity index is 2.09. The number of hydrogen-bond acceptors (Lipinski definition) is 4. The van der Waals surface area contributed by atoms with Gasteiger partial charge >= 0.3 is 0 Å². The summed E-state index contributed by atoms with van der Waals surface area (Å²) < 4.78 is 23.6. The van der Waals surface area contributed by atoms with E-state index in [1.165, 1.54) is 0 Å². The average molecular weight is 245 g/mol. The van der Waals surface area contributed by atoms with Gasteiger partial charge in [0.15, 0.2) is 9.84 Å². The summed E-state index contributed by atoms with van der Waals surface area (Å²) in [7, 11) is -2.94. The van der Waals surface area contributed by atoms with Gasteiger partial charge in [0.1, 0.15) is 0 Å². The SMILES string of the molecule is Cc1nc(CS(=O)(=O)CC2CC2)c(C)s1. The molecule has 1 saturated carbocycles. The second-order valence-corrected chi connectivity index (χ2v) is 7.75. The molecule has 0 aromatic carbocycles. The van der Waals surface area contributed by atoms with Gasteiger partial charge < -0.3 is 0 Å². The molecule has 1 aliphatic rings. The first kappa shape index (κ1) is 11.1. The second-order valence-electron chi connectivity index (χ2n) is 4.23. The van der Waals surface area contributed by atoms with Crippen molar-refractivity contribution in [2.24, 2.45) is 5.92 Å². The van der Waals surface area contributed by atoms with Crippen LogP contribution in [0.4, 0.5) is 0 Å². The molecular formula is C10H15NO2S2. The van der Waals surface area contributed by atoms with E-state index in [0.717, 1.165) is 28.4 Å². The Bertz CT molecular complexity index is 458. The van der Waals surface area contributed by atoms with Crippen molar-refractivity contribution in [2.75, 3.05) is 5.75 Å². The normalized spacial score (nSPS) is 16.9. The van der Waals surface area contributed by atoms with Gasteiger partial charge in [-0.25, -0.2) is 13.4 Å². The van der Waals surface area contributed by atoms with Crippen LogP contribution in [0.25, 0.3) is 0 Å². The Morgan fingerprint density at radius 1 is 1.40 bits per heavy atom. The Kier molecular flexibility index (Phi) is 2.85. The van der Waals surface area contributed by atoms with Gasteiger partial charge in [0.05, 0.1) is 22.2 Å². The molecule has 15 heavy (non-hydrogen) atoms. The van der Waals surface area contributed by atoms with E-state index in [9.17, 15) is 8.42 Å². The lowest BCUT2D eigenvalue weighted by molar-refractivity contribution is 0.591. The van der Waals surface area contributed by atoms with Crippen LogP contribution in [0.5, 0.6) is 0 Å². The number of aryl methyl sites for hydroxylation is 2. The molecule has 0 aliphatic heterocycles. The molecular weight excluding hydrogens is 230 g/mol. The van der Waals surface area contributed by atoms with Crippen LogP contribution in [0, 0.1) is 19.8 Å². The van der Waals surface area contributed by atoms with Crippen molar-refractivity contribution in [3.8, 4) is 0 Å². The smallest absolute Gasteiger partial charge is 0.156 e. The van der Waals surface area contributed by atoms with Gasteiger partial charge in [-0.1, -0.05) is 0 Å². The molecule has 1 aromatic rings. The molecule has 0 unspecified atom stereocenters. The van der Waals surface area contributed by atoms with Crippen LogP contribution in [0.2, 0.25) is 0 Å². The van der Waals surface area contributed by atoms with Gasteiger partial charge in [-0.2, -0.15) is 0 Å². The van der Waals surface area contributed by atoms with Crippen molar-refractivity contribution in [3.63, 3.8) is 0 Å². The highest BCUT2D eigenvalue weighted by Gasteiger charge is 2.28. The summed E-state index contributed by atoms with van der Waals surface area (Å²) in [5.74, 6) is 0.901. The molecule has 0 bridgehead atoms. The van der Waals surface area contributed by atoms with Crippen molar-refractivity contribution in [1.82, 2.24) is 4.98 Å². The van der Waals surface area contributed by atoms with Crippen molar-refractivity contribution in [2.45, 2.75) is 32.4 Å². The minimum absolute atomic E-state index is 0.125. The van der Waals surface area contributed by atoms with Gasteiger partial charge in [0.2, 0.25) is 0 Å². The lowest BCUT2D eigenvalue weighted by Crippen LogP contribution is -2.11. The third-order valence-electron chi connectivity index (χ3n) is 2.54. The van der Waals surface area contributed by atoms with Gasteiger partial charge in [-0.15, -0.1) is 11.3 Å². The van der Waals surface area contributed by atoms with E-state index in [1.807, 2.05) is 13.8 Å². The molecule has 0 atom stereocenters. The maximum atomic E-state index is 11.8. The number of aromatic nitrogens is 1. The fraction of sp³-hybridized carbons (Fsp3) is 0.700. The molecule has 1 aromatic heterocycles. The van der Waals surface area contributed by atoms with Crippen molar-refractivity contribution in [1.29, 1.82) is 0 Å². The quantitative estimate of drug-likeness (QED) is 0.816. The summed E-state index contributed by atoms with van der Waals surface area (Å²) in [6.07, 6.45) is 2.16. The number of nitrogens with zero attached hydrogens (tertiary/aromatic N) is 1. The lowest BCUT2D eigenvalue weighted by atomic mass is 10.4. The molecule has 1 heterocycles.